The van der Waals surface area contributed by atoms with Crippen molar-refractivity contribution in [2.45, 2.75) is 38.3 Å². The number of carbonyl (C=O) groups is 1. The molecule has 29 heavy (non-hydrogen) atoms. The molecule has 1 aliphatic heterocycles. The lowest BCUT2D eigenvalue weighted by Crippen LogP contribution is -2.47. The van der Waals surface area contributed by atoms with Gasteiger partial charge in [0.2, 0.25) is 0 Å². The molecule has 1 N–H and O–H groups in total. The summed E-state index contributed by atoms with van der Waals surface area (Å²) in [5.41, 5.74) is 0.192. The van der Waals surface area contributed by atoms with Gasteiger partial charge in [-0.3, -0.25) is 14.2 Å². The van der Waals surface area contributed by atoms with Crippen molar-refractivity contribution in [3.05, 3.63) is 69.9 Å². The van der Waals surface area contributed by atoms with E-state index in [0.717, 1.165) is 12.8 Å². The summed E-state index contributed by atoms with van der Waals surface area (Å²) in [6.45, 7) is 2.43. The molecule has 0 bridgehead atoms. The van der Waals surface area contributed by atoms with E-state index in [9.17, 15) is 9.59 Å². The quantitative estimate of drug-likeness (QED) is 0.666. The Bertz CT molecular complexity index is 1120. The van der Waals surface area contributed by atoms with Crippen molar-refractivity contribution < 1.29 is 4.79 Å². The summed E-state index contributed by atoms with van der Waals surface area (Å²) in [7, 11) is 0. The fourth-order valence-electron chi connectivity index (χ4n) is 3.54. The van der Waals surface area contributed by atoms with Gasteiger partial charge in [-0.2, -0.15) is 0 Å². The second-order valence-corrected chi connectivity index (χ2v) is 7.53. The van der Waals surface area contributed by atoms with Crippen LogP contribution in [0, 0.1) is 0 Å². The summed E-state index contributed by atoms with van der Waals surface area (Å²) in [5.74, 6) is 0.136. The van der Waals surface area contributed by atoms with Gasteiger partial charge < -0.3 is 5.32 Å². The second kappa shape index (κ2) is 7.71. The Hall–Kier alpha value is -3.13. The first-order valence-electron chi connectivity index (χ1n) is 9.30. The van der Waals surface area contributed by atoms with Crippen LogP contribution >= 0.6 is 11.6 Å². The predicted molar refractivity (Wildman–Crippen MR) is 107 cm³/mol. The lowest BCUT2D eigenvalue weighted by molar-refractivity contribution is 0.0889. The molecule has 0 saturated heterocycles. The highest BCUT2D eigenvalue weighted by molar-refractivity contribution is 6.29. The Kier molecular flexibility index (Phi) is 5.10. The number of amides is 1. The highest BCUT2D eigenvalue weighted by Crippen LogP contribution is 2.30. The smallest absolute Gasteiger partial charge is 0.270 e. The van der Waals surface area contributed by atoms with Crippen molar-refractivity contribution >= 4 is 17.5 Å². The van der Waals surface area contributed by atoms with E-state index in [1.54, 1.807) is 35.0 Å². The molecule has 0 radical (unpaired) electrons. The molecule has 8 nitrogen and oxygen atoms in total. The van der Waals surface area contributed by atoms with Gasteiger partial charge in [0.1, 0.15) is 23.0 Å². The molecule has 0 aliphatic carbocycles. The van der Waals surface area contributed by atoms with E-state index in [4.69, 9.17) is 16.6 Å². The molecule has 1 unspecified atom stereocenters. The zero-order valence-electron chi connectivity index (χ0n) is 15.8. The molecule has 1 atom stereocenters. The monoisotopic (exact) mass is 410 g/mol. The minimum Gasteiger partial charge on any atom is -0.338 e. The molecular weight excluding hydrogens is 392 g/mol. The molecule has 1 aliphatic rings. The molecule has 148 valence electrons. The number of fused-ring (bicyclic) bond motifs is 1. The maximum absolute atomic E-state index is 12.9. The standard InChI is InChI=1S/C20H19ClN6O2/c1-20(26-18(29)14-5-4-6-16(21)24-14)8-2-3-10-27-17(28)11-15(25-19(20)27)13-7-9-22-12-23-13/h4-7,9,11-12H,2-3,8,10H2,1H3,(H,26,29). The van der Waals surface area contributed by atoms with Gasteiger partial charge in [0.25, 0.3) is 11.5 Å². The van der Waals surface area contributed by atoms with E-state index in [1.807, 2.05) is 6.92 Å². The fraction of sp³-hybridized carbons (Fsp3) is 0.300. The first-order chi connectivity index (χ1) is 14.0. The average Bonchev–Trinajstić information content (AvgIpc) is 2.88. The van der Waals surface area contributed by atoms with Gasteiger partial charge in [-0.15, -0.1) is 0 Å². The SMILES string of the molecule is CC1(NC(=O)c2cccc(Cl)n2)CCCCn2c1nc(-c1ccncn1)cc2=O. The molecule has 4 heterocycles. The second-order valence-electron chi connectivity index (χ2n) is 7.14. The van der Waals surface area contributed by atoms with Crippen molar-refractivity contribution in [3.8, 4) is 11.4 Å². The van der Waals surface area contributed by atoms with Crippen LogP contribution in [-0.4, -0.2) is 30.4 Å². The third kappa shape index (κ3) is 3.88. The Balaban J connectivity index is 1.78. The minimum absolute atomic E-state index is 0.174. The molecular formula is C20H19ClN6O2. The zero-order chi connectivity index (χ0) is 20.4. The molecule has 0 aromatic carbocycles. The van der Waals surface area contributed by atoms with Crippen molar-refractivity contribution in [2.75, 3.05) is 0 Å². The predicted octanol–water partition coefficient (Wildman–Crippen LogP) is 2.58. The van der Waals surface area contributed by atoms with E-state index in [2.05, 4.69) is 20.3 Å². The largest absolute Gasteiger partial charge is 0.338 e. The first kappa shape index (κ1) is 19.2. The Labute approximate surface area is 172 Å². The summed E-state index contributed by atoms with van der Waals surface area (Å²) >= 11 is 5.92. The van der Waals surface area contributed by atoms with E-state index < -0.39 is 5.54 Å². The summed E-state index contributed by atoms with van der Waals surface area (Å²) in [5, 5.41) is 3.27. The van der Waals surface area contributed by atoms with Gasteiger partial charge in [-0.25, -0.2) is 19.9 Å². The van der Waals surface area contributed by atoms with Crippen LogP contribution in [0.2, 0.25) is 5.15 Å². The van der Waals surface area contributed by atoms with Crippen LogP contribution in [0.4, 0.5) is 0 Å². The van der Waals surface area contributed by atoms with E-state index in [-0.39, 0.29) is 22.3 Å². The molecule has 0 saturated carbocycles. The van der Waals surface area contributed by atoms with Gasteiger partial charge in [-0.05, 0) is 44.4 Å². The van der Waals surface area contributed by atoms with Crippen molar-refractivity contribution in [1.29, 1.82) is 0 Å². The van der Waals surface area contributed by atoms with Crippen LogP contribution in [0.3, 0.4) is 0 Å². The number of nitrogens with zero attached hydrogens (tertiary/aromatic N) is 5. The van der Waals surface area contributed by atoms with E-state index in [1.165, 1.54) is 12.4 Å². The van der Waals surface area contributed by atoms with E-state index in [0.29, 0.717) is 30.2 Å². The van der Waals surface area contributed by atoms with Gasteiger partial charge in [0.05, 0.1) is 16.9 Å². The lowest BCUT2D eigenvalue weighted by atomic mass is 9.94. The highest BCUT2D eigenvalue weighted by atomic mass is 35.5. The first-order valence-corrected chi connectivity index (χ1v) is 9.68. The number of rotatable bonds is 3. The Morgan fingerprint density at radius 3 is 2.83 bits per heavy atom. The maximum atomic E-state index is 12.9. The molecule has 9 heteroatoms. The van der Waals surface area contributed by atoms with Crippen molar-refractivity contribution in [1.82, 2.24) is 29.8 Å². The molecule has 4 rings (SSSR count). The van der Waals surface area contributed by atoms with Crippen LogP contribution in [0.1, 0.15) is 42.5 Å². The number of nitrogens with one attached hydrogen (secondary N) is 1. The number of carbonyl (C=O) groups excluding carboxylic acids is 1. The van der Waals surface area contributed by atoms with Gasteiger partial charge in [-0.1, -0.05) is 17.7 Å². The lowest BCUT2D eigenvalue weighted by Gasteiger charge is -2.30. The fourth-order valence-corrected chi connectivity index (χ4v) is 3.71. The third-order valence-corrected chi connectivity index (χ3v) is 5.20. The normalized spacial score (nSPS) is 18.6. The topological polar surface area (TPSA) is 103 Å². The Morgan fingerprint density at radius 1 is 1.21 bits per heavy atom. The summed E-state index contributed by atoms with van der Waals surface area (Å²) in [4.78, 5) is 42.6. The summed E-state index contributed by atoms with van der Waals surface area (Å²) in [6.07, 6.45) is 5.30. The number of halogens is 1. The number of hydrogen-bond donors (Lipinski definition) is 1. The van der Waals surface area contributed by atoms with Crippen LogP contribution < -0.4 is 10.9 Å². The van der Waals surface area contributed by atoms with Crippen molar-refractivity contribution in [3.63, 3.8) is 0 Å². The van der Waals surface area contributed by atoms with E-state index >= 15 is 0 Å². The Morgan fingerprint density at radius 2 is 2.07 bits per heavy atom. The minimum atomic E-state index is -0.847. The number of hydrogen-bond acceptors (Lipinski definition) is 6. The number of aromatic nitrogens is 5. The zero-order valence-corrected chi connectivity index (χ0v) is 16.6. The van der Waals surface area contributed by atoms with Gasteiger partial charge >= 0.3 is 0 Å². The van der Waals surface area contributed by atoms with Crippen molar-refractivity contribution in [2.24, 2.45) is 0 Å². The van der Waals surface area contributed by atoms with Crippen LogP contribution in [0.25, 0.3) is 11.4 Å². The van der Waals surface area contributed by atoms with Crippen LogP contribution in [-0.2, 0) is 12.1 Å². The van der Waals surface area contributed by atoms with Gasteiger partial charge in [0.15, 0.2) is 0 Å². The van der Waals surface area contributed by atoms with Crippen LogP contribution in [0.5, 0.6) is 0 Å². The maximum Gasteiger partial charge on any atom is 0.270 e. The van der Waals surface area contributed by atoms with Crippen LogP contribution in [0.15, 0.2) is 47.7 Å². The average molecular weight is 411 g/mol. The molecule has 1 amide bonds. The highest BCUT2D eigenvalue weighted by Gasteiger charge is 2.35. The molecule has 0 spiro atoms. The summed E-state index contributed by atoms with van der Waals surface area (Å²) < 4.78 is 1.63. The third-order valence-electron chi connectivity index (χ3n) is 4.99. The molecule has 3 aromatic rings. The molecule has 3 aromatic heterocycles. The molecule has 0 fully saturated rings. The number of pyridine rings is 1. The van der Waals surface area contributed by atoms with Gasteiger partial charge in [0, 0.05) is 18.8 Å². The summed E-state index contributed by atoms with van der Waals surface area (Å²) in [6, 6.07) is 8.04.